The maximum absolute atomic E-state index is 13.2. The van der Waals surface area contributed by atoms with Crippen molar-refractivity contribution in [2.45, 2.75) is 25.6 Å². The van der Waals surface area contributed by atoms with Gasteiger partial charge in [-0.2, -0.15) is 13.2 Å². The summed E-state index contributed by atoms with van der Waals surface area (Å²) < 4.78 is 39.6. The van der Waals surface area contributed by atoms with E-state index in [2.05, 4.69) is 5.32 Å². The van der Waals surface area contributed by atoms with Gasteiger partial charge < -0.3 is 15.7 Å². The van der Waals surface area contributed by atoms with E-state index in [1.54, 1.807) is 13.8 Å². The van der Waals surface area contributed by atoms with Crippen LogP contribution in [0, 0.1) is 5.92 Å². The Hall–Kier alpha value is -2.09. The fourth-order valence-electron chi connectivity index (χ4n) is 1.75. The van der Waals surface area contributed by atoms with Crippen molar-refractivity contribution in [3.8, 4) is 0 Å². The number of rotatable bonds is 5. The predicted octanol–water partition coefficient (Wildman–Crippen LogP) is 1.32. The van der Waals surface area contributed by atoms with Crippen LogP contribution < -0.4 is 10.6 Å². The summed E-state index contributed by atoms with van der Waals surface area (Å²) in [6.45, 7) is 2.66. The molecule has 0 aliphatic heterocycles. The SMILES string of the molecule is CC(C)CNC(=O)C(=O)NCC(O)(c1ccccc1)C(F)(F)F. The van der Waals surface area contributed by atoms with Crippen LogP contribution in [0.4, 0.5) is 13.2 Å². The monoisotopic (exact) mass is 332 g/mol. The highest BCUT2D eigenvalue weighted by Gasteiger charge is 2.55. The molecule has 1 atom stereocenters. The van der Waals surface area contributed by atoms with Crippen molar-refractivity contribution in [3.63, 3.8) is 0 Å². The molecule has 1 unspecified atom stereocenters. The lowest BCUT2D eigenvalue weighted by atomic mass is 9.93. The molecule has 0 fully saturated rings. The molecule has 0 aliphatic carbocycles. The molecule has 128 valence electrons. The predicted molar refractivity (Wildman–Crippen MR) is 77.3 cm³/mol. The molecule has 1 rings (SSSR count). The van der Waals surface area contributed by atoms with E-state index in [0.717, 1.165) is 12.1 Å². The van der Waals surface area contributed by atoms with Crippen LogP contribution >= 0.6 is 0 Å². The van der Waals surface area contributed by atoms with E-state index in [0.29, 0.717) is 0 Å². The molecule has 23 heavy (non-hydrogen) atoms. The lowest BCUT2D eigenvalue weighted by Gasteiger charge is -2.31. The summed E-state index contributed by atoms with van der Waals surface area (Å²) in [5.74, 6) is -2.19. The summed E-state index contributed by atoms with van der Waals surface area (Å²) in [6, 6.07) is 6.36. The highest BCUT2D eigenvalue weighted by molar-refractivity contribution is 6.35. The molecule has 0 saturated carbocycles. The number of carbonyl (C=O) groups excluding carboxylic acids is 2. The first-order valence-corrected chi connectivity index (χ1v) is 6.98. The number of nitrogens with one attached hydrogen (secondary N) is 2. The highest BCUT2D eigenvalue weighted by atomic mass is 19.4. The van der Waals surface area contributed by atoms with Crippen molar-refractivity contribution in [1.29, 1.82) is 0 Å². The molecule has 0 spiro atoms. The van der Waals surface area contributed by atoms with Crippen LogP contribution in [0.5, 0.6) is 0 Å². The van der Waals surface area contributed by atoms with Gasteiger partial charge >= 0.3 is 18.0 Å². The molecule has 1 aromatic carbocycles. The van der Waals surface area contributed by atoms with Crippen molar-refractivity contribution in [1.82, 2.24) is 10.6 Å². The van der Waals surface area contributed by atoms with E-state index in [-0.39, 0.29) is 12.5 Å². The molecule has 0 radical (unpaired) electrons. The minimum Gasteiger partial charge on any atom is -0.375 e. The summed E-state index contributed by atoms with van der Waals surface area (Å²) in [6.07, 6.45) is -5.02. The van der Waals surface area contributed by atoms with Gasteiger partial charge in [0.25, 0.3) is 0 Å². The normalized spacial score (nSPS) is 14.2. The third-order valence-electron chi connectivity index (χ3n) is 3.10. The van der Waals surface area contributed by atoms with Crippen LogP contribution in [-0.2, 0) is 15.2 Å². The zero-order valence-electron chi connectivity index (χ0n) is 12.8. The van der Waals surface area contributed by atoms with Crippen LogP contribution in [0.2, 0.25) is 0 Å². The van der Waals surface area contributed by atoms with Gasteiger partial charge in [0, 0.05) is 6.54 Å². The fraction of sp³-hybridized carbons (Fsp3) is 0.467. The van der Waals surface area contributed by atoms with Gasteiger partial charge in [0.05, 0.1) is 6.54 Å². The molecule has 0 aromatic heterocycles. The second-order valence-electron chi connectivity index (χ2n) is 5.51. The maximum atomic E-state index is 13.2. The first kappa shape index (κ1) is 19.0. The van der Waals surface area contributed by atoms with E-state index in [9.17, 15) is 27.9 Å². The molecule has 2 amide bonds. The smallest absolute Gasteiger partial charge is 0.375 e. The lowest BCUT2D eigenvalue weighted by Crippen LogP contribution is -2.53. The Kier molecular flexibility index (Phi) is 6.14. The van der Waals surface area contributed by atoms with Gasteiger partial charge in [-0.25, -0.2) is 0 Å². The molecule has 8 heteroatoms. The third kappa shape index (κ3) is 4.95. The number of hydrogen-bond donors (Lipinski definition) is 3. The second kappa shape index (κ2) is 7.45. The van der Waals surface area contributed by atoms with Crippen LogP contribution in [0.3, 0.4) is 0 Å². The quantitative estimate of drug-likeness (QED) is 0.712. The molecule has 0 bridgehead atoms. The lowest BCUT2D eigenvalue weighted by molar-refractivity contribution is -0.264. The molecule has 0 heterocycles. The van der Waals surface area contributed by atoms with E-state index >= 15 is 0 Å². The molecule has 3 N–H and O–H groups in total. The van der Waals surface area contributed by atoms with Crippen molar-refractivity contribution in [2.24, 2.45) is 5.92 Å². The van der Waals surface area contributed by atoms with Crippen LogP contribution in [0.1, 0.15) is 19.4 Å². The Morgan fingerprint density at radius 2 is 1.61 bits per heavy atom. The van der Waals surface area contributed by atoms with Gasteiger partial charge in [-0.1, -0.05) is 44.2 Å². The highest BCUT2D eigenvalue weighted by Crippen LogP contribution is 2.38. The standard InChI is InChI=1S/C15H19F3N2O3/c1-10(2)8-19-12(21)13(22)20-9-14(23,15(16,17)18)11-6-4-3-5-7-11/h3-7,10,23H,8-9H2,1-2H3,(H,19,21)(H,20,22). The largest absolute Gasteiger partial charge is 0.423 e. The summed E-state index contributed by atoms with van der Waals surface area (Å²) in [5, 5.41) is 14.1. The summed E-state index contributed by atoms with van der Waals surface area (Å²) in [4.78, 5) is 23.0. The number of alkyl halides is 3. The van der Waals surface area contributed by atoms with Crippen LogP contribution in [-0.4, -0.2) is 36.2 Å². The zero-order chi connectivity index (χ0) is 17.7. The fourth-order valence-corrected chi connectivity index (χ4v) is 1.75. The molecule has 1 aromatic rings. The second-order valence-corrected chi connectivity index (χ2v) is 5.51. The Morgan fingerprint density at radius 3 is 2.09 bits per heavy atom. The van der Waals surface area contributed by atoms with Crippen molar-refractivity contribution >= 4 is 11.8 Å². The Balaban J connectivity index is 2.81. The summed E-state index contributed by atoms with van der Waals surface area (Å²) >= 11 is 0. The van der Waals surface area contributed by atoms with Gasteiger partial charge in [-0.05, 0) is 11.5 Å². The van der Waals surface area contributed by atoms with E-state index in [1.165, 1.54) is 18.2 Å². The van der Waals surface area contributed by atoms with Crippen molar-refractivity contribution in [2.75, 3.05) is 13.1 Å². The topological polar surface area (TPSA) is 78.4 Å². The van der Waals surface area contributed by atoms with Crippen LogP contribution in [0.15, 0.2) is 30.3 Å². The summed E-state index contributed by atoms with van der Waals surface area (Å²) in [7, 11) is 0. The van der Waals surface area contributed by atoms with Crippen molar-refractivity contribution in [3.05, 3.63) is 35.9 Å². The number of carbonyl (C=O) groups is 2. The van der Waals surface area contributed by atoms with E-state index in [1.807, 2.05) is 5.32 Å². The zero-order valence-corrected chi connectivity index (χ0v) is 12.8. The number of amides is 2. The van der Waals surface area contributed by atoms with E-state index < -0.39 is 35.7 Å². The van der Waals surface area contributed by atoms with Gasteiger partial charge in [-0.15, -0.1) is 0 Å². The van der Waals surface area contributed by atoms with Gasteiger partial charge in [0.2, 0.25) is 5.60 Å². The molecule has 0 saturated heterocycles. The molecular formula is C15H19F3N2O3. The molecule has 5 nitrogen and oxygen atoms in total. The number of aliphatic hydroxyl groups is 1. The first-order chi connectivity index (χ1) is 10.6. The number of benzene rings is 1. The Bertz CT molecular complexity index is 547. The number of hydrogen-bond acceptors (Lipinski definition) is 3. The maximum Gasteiger partial charge on any atom is 0.423 e. The van der Waals surface area contributed by atoms with Gasteiger partial charge in [0.1, 0.15) is 0 Å². The van der Waals surface area contributed by atoms with Crippen LogP contribution in [0.25, 0.3) is 0 Å². The Morgan fingerprint density at radius 1 is 1.09 bits per heavy atom. The minimum absolute atomic E-state index is 0.0863. The van der Waals surface area contributed by atoms with E-state index in [4.69, 9.17) is 0 Å². The first-order valence-electron chi connectivity index (χ1n) is 6.98. The van der Waals surface area contributed by atoms with Gasteiger partial charge in [0.15, 0.2) is 0 Å². The number of halogens is 3. The summed E-state index contributed by atoms with van der Waals surface area (Å²) in [5.41, 5.74) is -3.70. The Labute approximate surface area is 131 Å². The minimum atomic E-state index is -5.02. The van der Waals surface area contributed by atoms with Crippen molar-refractivity contribution < 1.29 is 27.9 Å². The average Bonchev–Trinajstić information content (AvgIpc) is 2.49. The third-order valence-corrected chi connectivity index (χ3v) is 3.10. The molecule has 0 aliphatic rings. The molecular weight excluding hydrogens is 313 g/mol. The average molecular weight is 332 g/mol. The van der Waals surface area contributed by atoms with Gasteiger partial charge in [-0.3, -0.25) is 9.59 Å².